The Morgan fingerprint density at radius 3 is 2.35 bits per heavy atom. The Balaban J connectivity index is 2.32. The summed E-state index contributed by atoms with van der Waals surface area (Å²) in [7, 11) is 3.69. The third-order valence-corrected chi connectivity index (χ3v) is 3.52. The quantitative estimate of drug-likeness (QED) is 0.922. The van der Waals surface area contributed by atoms with Crippen molar-refractivity contribution in [1.82, 2.24) is 0 Å². The number of carbonyl (C=O) groups is 1. The second kappa shape index (κ2) is 5.78. The highest BCUT2D eigenvalue weighted by Crippen LogP contribution is 2.22. The van der Waals surface area contributed by atoms with Crippen molar-refractivity contribution in [3.05, 3.63) is 59.2 Å². The van der Waals surface area contributed by atoms with Gasteiger partial charge in [-0.05, 0) is 49.2 Å². The Hall–Kier alpha value is -2.29. The van der Waals surface area contributed by atoms with Gasteiger partial charge in [0.2, 0.25) is 0 Å². The second-order valence-electron chi connectivity index (χ2n) is 4.93. The summed E-state index contributed by atoms with van der Waals surface area (Å²) < 4.78 is 0. The van der Waals surface area contributed by atoms with Crippen molar-refractivity contribution in [1.29, 1.82) is 0 Å². The molecular weight excluding hydrogens is 248 g/mol. The van der Waals surface area contributed by atoms with Crippen LogP contribution in [0, 0.1) is 13.8 Å². The fraction of sp³-hybridized carbons (Fsp3) is 0.235. The lowest BCUT2D eigenvalue weighted by molar-refractivity contribution is 0.0993. The summed E-state index contributed by atoms with van der Waals surface area (Å²) in [6, 6.07) is 13.6. The van der Waals surface area contributed by atoms with Crippen molar-refractivity contribution >= 4 is 17.3 Å². The highest BCUT2D eigenvalue weighted by Gasteiger charge is 2.15. The van der Waals surface area contributed by atoms with Gasteiger partial charge in [-0.2, -0.15) is 0 Å². The lowest BCUT2D eigenvalue weighted by Gasteiger charge is -2.20. The number of hydrogen-bond acceptors (Lipinski definition) is 2. The van der Waals surface area contributed by atoms with Crippen LogP contribution in [-0.2, 0) is 0 Å². The number of rotatable bonds is 3. The molecule has 1 N–H and O–H groups in total. The number of benzene rings is 2. The molecule has 0 saturated heterocycles. The first kappa shape index (κ1) is 14.1. The molecule has 0 atom stereocenters. The fourth-order valence-corrected chi connectivity index (χ4v) is 2.32. The van der Waals surface area contributed by atoms with Gasteiger partial charge in [0.25, 0.3) is 5.91 Å². The Labute approximate surface area is 120 Å². The van der Waals surface area contributed by atoms with E-state index in [-0.39, 0.29) is 5.91 Å². The van der Waals surface area contributed by atoms with E-state index in [9.17, 15) is 4.79 Å². The van der Waals surface area contributed by atoms with Crippen molar-refractivity contribution in [2.75, 3.05) is 24.3 Å². The van der Waals surface area contributed by atoms with Crippen molar-refractivity contribution in [3.63, 3.8) is 0 Å². The molecule has 0 fully saturated rings. The van der Waals surface area contributed by atoms with E-state index in [4.69, 9.17) is 0 Å². The normalized spacial score (nSPS) is 10.2. The number of aryl methyl sites for hydroxylation is 2. The Morgan fingerprint density at radius 1 is 1.05 bits per heavy atom. The maximum Gasteiger partial charge on any atom is 0.258 e. The Morgan fingerprint density at radius 2 is 1.75 bits per heavy atom. The summed E-state index contributed by atoms with van der Waals surface area (Å²) in [6.07, 6.45) is 0. The van der Waals surface area contributed by atoms with Gasteiger partial charge in [-0.1, -0.05) is 18.2 Å². The molecule has 0 aromatic heterocycles. The summed E-state index contributed by atoms with van der Waals surface area (Å²) in [6.45, 7) is 4.00. The van der Waals surface area contributed by atoms with Gasteiger partial charge in [-0.3, -0.25) is 4.79 Å². The molecule has 3 nitrogen and oxygen atoms in total. The molecule has 0 heterocycles. The molecule has 0 aliphatic rings. The van der Waals surface area contributed by atoms with Gasteiger partial charge in [0.05, 0.1) is 0 Å². The van der Waals surface area contributed by atoms with Gasteiger partial charge in [-0.15, -0.1) is 0 Å². The van der Waals surface area contributed by atoms with Crippen molar-refractivity contribution in [3.8, 4) is 0 Å². The average Bonchev–Trinajstić information content (AvgIpc) is 2.46. The maximum atomic E-state index is 12.6. The van der Waals surface area contributed by atoms with Crippen LogP contribution in [0.4, 0.5) is 11.4 Å². The zero-order chi connectivity index (χ0) is 14.7. The molecule has 104 valence electrons. The molecular formula is C17H20N2O. The summed E-state index contributed by atoms with van der Waals surface area (Å²) >= 11 is 0. The van der Waals surface area contributed by atoms with Crippen LogP contribution in [0.25, 0.3) is 0 Å². The zero-order valence-corrected chi connectivity index (χ0v) is 12.4. The molecule has 2 rings (SSSR count). The van der Waals surface area contributed by atoms with Crippen LogP contribution in [0.3, 0.4) is 0 Å². The minimum Gasteiger partial charge on any atom is -0.388 e. The van der Waals surface area contributed by atoms with E-state index in [2.05, 4.69) is 5.32 Å². The van der Waals surface area contributed by atoms with E-state index in [0.717, 1.165) is 22.5 Å². The molecule has 0 spiro atoms. The molecule has 1 amide bonds. The van der Waals surface area contributed by atoms with Gasteiger partial charge < -0.3 is 10.2 Å². The molecule has 2 aromatic carbocycles. The fourth-order valence-electron chi connectivity index (χ4n) is 2.32. The van der Waals surface area contributed by atoms with Crippen LogP contribution in [-0.4, -0.2) is 20.0 Å². The largest absolute Gasteiger partial charge is 0.388 e. The van der Waals surface area contributed by atoms with E-state index in [1.165, 1.54) is 0 Å². The molecule has 0 aliphatic heterocycles. The number of carbonyl (C=O) groups excluding carboxylic acids is 1. The number of nitrogens with zero attached hydrogens (tertiary/aromatic N) is 1. The third-order valence-electron chi connectivity index (χ3n) is 3.52. The van der Waals surface area contributed by atoms with Crippen LogP contribution in [0.1, 0.15) is 21.5 Å². The molecule has 0 saturated carbocycles. The third kappa shape index (κ3) is 2.67. The lowest BCUT2D eigenvalue weighted by Crippen LogP contribution is -2.26. The number of hydrogen-bond donors (Lipinski definition) is 1. The van der Waals surface area contributed by atoms with Crippen LogP contribution in [0.5, 0.6) is 0 Å². The number of nitrogens with one attached hydrogen (secondary N) is 1. The molecule has 2 aromatic rings. The molecule has 0 aliphatic carbocycles. The molecule has 0 bridgehead atoms. The predicted molar refractivity (Wildman–Crippen MR) is 84.6 cm³/mol. The predicted octanol–water partition coefficient (Wildman–Crippen LogP) is 3.62. The van der Waals surface area contributed by atoms with Crippen LogP contribution < -0.4 is 10.2 Å². The van der Waals surface area contributed by atoms with Crippen LogP contribution >= 0.6 is 0 Å². The van der Waals surface area contributed by atoms with Crippen LogP contribution in [0.2, 0.25) is 0 Å². The van der Waals surface area contributed by atoms with Crippen molar-refractivity contribution in [2.24, 2.45) is 0 Å². The van der Waals surface area contributed by atoms with Crippen molar-refractivity contribution in [2.45, 2.75) is 13.8 Å². The Kier molecular flexibility index (Phi) is 4.08. The number of para-hydroxylation sites is 1. The van der Waals surface area contributed by atoms with E-state index in [1.54, 1.807) is 4.90 Å². The minimum absolute atomic E-state index is 0.00468. The monoisotopic (exact) mass is 268 g/mol. The molecule has 20 heavy (non-hydrogen) atoms. The average molecular weight is 268 g/mol. The standard InChI is InChI=1S/C17H20N2O/c1-12-7-5-6-8-16(12)19(4)17(20)14-9-10-15(18-3)13(2)11-14/h5-11,18H,1-4H3. The first-order valence-electron chi connectivity index (χ1n) is 6.66. The topological polar surface area (TPSA) is 32.3 Å². The van der Waals surface area contributed by atoms with E-state index < -0.39 is 0 Å². The van der Waals surface area contributed by atoms with Crippen LogP contribution in [0.15, 0.2) is 42.5 Å². The van der Waals surface area contributed by atoms with E-state index in [0.29, 0.717) is 5.56 Å². The van der Waals surface area contributed by atoms with Gasteiger partial charge in [0, 0.05) is 31.0 Å². The number of amides is 1. The zero-order valence-electron chi connectivity index (χ0n) is 12.4. The summed E-state index contributed by atoms with van der Waals surface area (Å²) in [5.41, 5.74) is 4.84. The van der Waals surface area contributed by atoms with Gasteiger partial charge in [-0.25, -0.2) is 0 Å². The smallest absolute Gasteiger partial charge is 0.258 e. The van der Waals surface area contributed by atoms with Gasteiger partial charge in [0.15, 0.2) is 0 Å². The summed E-state index contributed by atoms with van der Waals surface area (Å²) in [5, 5.41) is 3.11. The Bertz CT molecular complexity index is 635. The maximum absolute atomic E-state index is 12.6. The van der Waals surface area contributed by atoms with Crippen molar-refractivity contribution < 1.29 is 4.79 Å². The van der Waals surface area contributed by atoms with Gasteiger partial charge in [0.1, 0.15) is 0 Å². The van der Waals surface area contributed by atoms with E-state index in [1.807, 2.05) is 70.4 Å². The second-order valence-corrected chi connectivity index (χ2v) is 4.93. The first-order chi connectivity index (χ1) is 9.54. The van der Waals surface area contributed by atoms with E-state index >= 15 is 0 Å². The lowest BCUT2D eigenvalue weighted by atomic mass is 10.1. The molecule has 0 radical (unpaired) electrons. The highest BCUT2D eigenvalue weighted by molar-refractivity contribution is 6.06. The van der Waals surface area contributed by atoms with Gasteiger partial charge >= 0.3 is 0 Å². The molecule has 3 heteroatoms. The summed E-state index contributed by atoms with van der Waals surface area (Å²) in [4.78, 5) is 14.3. The summed E-state index contributed by atoms with van der Waals surface area (Å²) in [5.74, 6) is 0.00468. The molecule has 0 unspecified atom stereocenters. The first-order valence-corrected chi connectivity index (χ1v) is 6.66. The minimum atomic E-state index is 0.00468. The SMILES string of the molecule is CNc1ccc(C(=O)N(C)c2ccccc2C)cc1C. The highest BCUT2D eigenvalue weighted by atomic mass is 16.2. The number of anilines is 2.